The molecule has 18 heavy (non-hydrogen) atoms. The first-order chi connectivity index (χ1) is 8.74. The van der Waals surface area contributed by atoms with E-state index in [1.165, 1.54) is 0 Å². The number of carbonyl (C=O) groups is 1. The molecule has 1 fully saturated rings. The Morgan fingerprint density at radius 2 is 2.11 bits per heavy atom. The Bertz CT molecular complexity index is 425. The summed E-state index contributed by atoms with van der Waals surface area (Å²) >= 11 is 0. The summed E-state index contributed by atoms with van der Waals surface area (Å²) in [4.78, 5) is 12.1. The zero-order valence-electron chi connectivity index (χ0n) is 10.9. The van der Waals surface area contributed by atoms with Gasteiger partial charge in [-0.1, -0.05) is 0 Å². The quantitative estimate of drug-likeness (QED) is 0.811. The summed E-state index contributed by atoms with van der Waals surface area (Å²) in [5.74, 6) is 1.39. The maximum Gasteiger partial charge on any atom is 0.164 e. The average molecular weight is 249 g/mol. The number of ketones is 1. The number of carbonyl (C=O) groups excluding carboxylic acids is 1. The number of rotatable bonds is 5. The minimum Gasteiger partial charge on any atom is -0.493 e. The molecule has 1 heterocycles. The highest BCUT2D eigenvalue weighted by Crippen LogP contribution is 2.28. The van der Waals surface area contributed by atoms with E-state index in [1.807, 2.05) is 0 Å². The van der Waals surface area contributed by atoms with Crippen molar-refractivity contribution >= 4 is 5.78 Å². The van der Waals surface area contributed by atoms with Crippen LogP contribution in [0.4, 0.5) is 0 Å². The van der Waals surface area contributed by atoms with Crippen LogP contribution in [0.3, 0.4) is 0 Å². The molecule has 1 aliphatic rings. The van der Waals surface area contributed by atoms with Gasteiger partial charge in [0.1, 0.15) is 0 Å². The molecule has 1 aliphatic heterocycles. The van der Waals surface area contributed by atoms with Crippen LogP contribution in [0.2, 0.25) is 0 Å². The van der Waals surface area contributed by atoms with Crippen molar-refractivity contribution in [3.8, 4) is 11.5 Å². The molecule has 0 radical (unpaired) electrons. The van der Waals surface area contributed by atoms with Crippen LogP contribution in [0, 0.1) is 0 Å². The summed E-state index contributed by atoms with van der Waals surface area (Å²) in [5, 5.41) is 3.33. The van der Waals surface area contributed by atoms with Gasteiger partial charge in [-0.25, -0.2) is 0 Å². The molecule has 0 aliphatic carbocycles. The van der Waals surface area contributed by atoms with E-state index in [-0.39, 0.29) is 5.78 Å². The number of nitrogens with one attached hydrogen (secondary N) is 1. The predicted octanol–water partition coefficient (Wildman–Crippen LogP) is 2.03. The van der Waals surface area contributed by atoms with Crippen molar-refractivity contribution in [3.63, 3.8) is 0 Å². The van der Waals surface area contributed by atoms with Gasteiger partial charge >= 0.3 is 0 Å². The Balaban J connectivity index is 2.09. The maximum atomic E-state index is 12.1. The lowest BCUT2D eigenvalue weighted by molar-refractivity contribution is 0.0971. The Morgan fingerprint density at radius 3 is 2.72 bits per heavy atom. The molecule has 0 bridgehead atoms. The highest BCUT2D eigenvalue weighted by atomic mass is 16.5. The van der Waals surface area contributed by atoms with E-state index >= 15 is 0 Å². The van der Waals surface area contributed by atoms with Crippen LogP contribution < -0.4 is 14.8 Å². The third kappa shape index (κ3) is 2.82. The minimum atomic E-state index is 0.148. The van der Waals surface area contributed by atoms with Gasteiger partial charge in [0.25, 0.3) is 0 Å². The third-order valence-electron chi connectivity index (χ3n) is 3.30. The second-order valence-corrected chi connectivity index (χ2v) is 4.49. The Labute approximate surface area is 107 Å². The SMILES string of the molecule is COc1ccc(C(=O)C[C@@H]2CCCN2)cc1OC. The number of Topliss-reactive ketones (excluding diaryl/α,β-unsaturated/α-hetero) is 1. The van der Waals surface area contributed by atoms with Gasteiger partial charge in [0.15, 0.2) is 17.3 Å². The van der Waals surface area contributed by atoms with Crippen LogP contribution in [0.15, 0.2) is 18.2 Å². The van der Waals surface area contributed by atoms with E-state index in [2.05, 4.69) is 5.32 Å². The number of methoxy groups -OCH3 is 2. The molecule has 98 valence electrons. The van der Waals surface area contributed by atoms with Crippen LogP contribution in [0.1, 0.15) is 29.6 Å². The first-order valence-electron chi connectivity index (χ1n) is 6.23. The Hall–Kier alpha value is -1.55. The zero-order valence-corrected chi connectivity index (χ0v) is 10.9. The summed E-state index contributed by atoms with van der Waals surface area (Å²) in [6, 6.07) is 5.63. The predicted molar refractivity (Wildman–Crippen MR) is 69.5 cm³/mol. The van der Waals surface area contributed by atoms with Crippen LogP contribution in [0.25, 0.3) is 0 Å². The maximum absolute atomic E-state index is 12.1. The summed E-state index contributed by atoms with van der Waals surface area (Å²) < 4.78 is 10.4. The molecule has 1 N–H and O–H groups in total. The molecule has 0 amide bonds. The molecular weight excluding hydrogens is 230 g/mol. The summed E-state index contributed by atoms with van der Waals surface area (Å²) in [6.45, 7) is 1.02. The smallest absolute Gasteiger partial charge is 0.164 e. The molecule has 1 aromatic carbocycles. The van der Waals surface area contributed by atoms with Gasteiger partial charge in [0.2, 0.25) is 0 Å². The monoisotopic (exact) mass is 249 g/mol. The molecule has 0 unspecified atom stereocenters. The van der Waals surface area contributed by atoms with Crippen molar-refractivity contribution in [1.82, 2.24) is 5.32 Å². The molecule has 0 saturated carbocycles. The van der Waals surface area contributed by atoms with Gasteiger partial charge in [-0.15, -0.1) is 0 Å². The highest BCUT2D eigenvalue weighted by molar-refractivity contribution is 5.97. The normalized spacial score (nSPS) is 18.7. The van der Waals surface area contributed by atoms with Crippen LogP contribution in [0.5, 0.6) is 11.5 Å². The van der Waals surface area contributed by atoms with Crippen molar-refractivity contribution in [2.75, 3.05) is 20.8 Å². The summed E-state index contributed by atoms with van der Waals surface area (Å²) in [7, 11) is 3.16. The fourth-order valence-corrected chi connectivity index (χ4v) is 2.28. The topological polar surface area (TPSA) is 47.6 Å². The fourth-order valence-electron chi connectivity index (χ4n) is 2.28. The van der Waals surface area contributed by atoms with Gasteiger partial charge in [0.05, 0.1) is 14.2 Å². The molecule has 1 saturated heterocycles. The van der Waals surface area contributed by atoms with Gasteiger partial charge < -0.3 is 14.8 Å². The lowest BCUT2D eigenvalue weighted by Gasteiger charge is -2.11. The highest BCUT2D eigenvalue weighted by Gasteiger charge is 2.19. The number of benzene rings is 1. The van der Waals surface area contributed by atoms with E-state index in [1.54, 1.807) is 32.4 Å². The van der Waals surface area contributed by atoms with Crippen LogP contribution in [-0.2, 0) is 0 Å². The lowest BCUT2D eigenvalue weighted by atomic mass is 10.0. The van der Waals surface area contributed by atoms with E-state index in [4.69, 9.17) is 9.47 Å². The molecule has 0 spiro atoms. The second kappa shape index (κ2) is 5.87. The van der Waals surface area contributed by atoms with Gasteiger partial charge in [-0.3, -0.25) is 4.79 Å². The average Bonchev–Trinajstić information content (AvgIpc) is 2.90. The number of ether oxygens (including phenoxy) is 2. The first-order valence-corrected chi connectivity index (χ1v) is 6.23. The van der Waals surface area contributed by atoms with E-state index < -0.39 is 0 Å². The molecule has 1 aromatic rings. The van der Waals surface area contributed by atoms with Crippen molar-refractivity contribution in [2.24, 2.45) is 0 Å². The Morgan fingerprint density at radius 1 is 1.33 bits per heavy atom. The standard InChI is InChI=1S/C14H19NO3/c1-17-13-6-5-10(8-14(13)18-2)12(16)9-11-4-3-7-15-11/h5-6,8,11,15H,3-4,7,9H2,1-2H3/t11-/m0/s1. The van der Waals surface area contributed by atoms with Crippen LogP contribution >= 0.6 is 0 Å². The summed E-state index contributed by atoms with van der Waals surface area (Å²) in [6.07, 6.45) is 2.79. The summed E-state index contributed by atoms with van der Waals surface area (Å²) in [5.41, 5.74) is 0.682. The number of hydrogen-bond donors (Lipinski definition) is 1. The molecule has 4 heteroatoms. The second-order valence-electron chi connectivity index (χ2n) is 4.49. The molecule has 2 rings (SSSR count). The largest absolute Gasteiger partial charge is 0.493 e. The third-order valence-corrected chi connectivity index (χ3v) is 3.30. The van der Waals surface area contributed by atoms with Crippen molar-refractivity contribution < 1.29 is 14.3 Å². The van der Waals surface area contributed by atoms with Crippen molar-refractivity contribution in [1.29, 1.82) is 0 Å². The molecule has 0 aromatic heterocycles. The Kier molecular flexibility index (Phi) is 4.20. The van der Waals surface area contributed by atoms with Crippen LogP contribution in [-0.4, -0.2) is 32.6 Å². The molecule has 1 atom stereocenters. The van der Waals surface area contributed by atoms with E-state index in [0.29, 0.717) is 29.5 Å². The van der Waals surface area contributed by atoms with Crippen molar-refractivity contribution in [3.05, 3.63) is 23.8 Å². The fraction of sp³-hybridized carbons (Fsp3) is 0.500. The number of hydrogen-bond acceptors (Lipinski definition) is 4. The molecular formula is C14H19NO3. The van der Waals surface area contributed by atoms with E-state index in [9.17, 15) is 4.79 Å². The molecule has 4 nitrogen and oxygen atoms in total. The lowest BCUT2D eigenvalue weighted by Crippen LogP contribution is -2.24. The van der Waals surface area contributed by atoms with Gasteiger partial charge in [-0.2, -0.15) is 0 Å². The van der Waals surface area contributed by atoms with E-state index in [0.717, 1.165) is 19.4 Å². The van der Waals surface area contributed by atoms with Gasteiger partial charge in [0, 0.05) is 18.0 Å². The first kappa shape index (κ1) is 12.9. The van der Waals surface area contributed by atoms with Gasteiger partial charge in [-0.05, 0) is 37.6 Å². The zero-order chi connectivity index (χ0) is 13.0. The van der Waals surface area contributed by atoms with Crippen molar-refractivity contribution in [2.45, 2.75) is 25.3 Å². The minimum absolute atomic E-state index is 0.148.